The minimum absolute atomic E-state index is 0.0816. The van der Waals surface area contributed by atoms with Crippen molar-refractivity contribution in [3.63, 3.8) is 0 Å². The molecule has 15 nitrogen and oxygen atoms in total. The zero-order valence-electron chi connectivity index (χ0n) is 36.7. The van der Waals surface area contributed by atoms with Crippen LogP contribution in [0.4, 0.5) is 17.2 Å². The van der Waals surface area contributed by atoms with Crippen LogP contribution in [0.3, 0.4) is 0 Å². The van der Waals surface area contributed by atoms with Crippen LogP contribution >= 0.6 is 11.8 Å². The number of carbonyl (C=O) groups excluding carboxylic acids is 1. The maximum absolute atomic E-state index is 14.2. The van der Waals surface area contributed by atoms with Crippen molar-refractivity contribution >= 4 is 73.9 Å². The van der Waals surface area contributed by atoms with E-state index < -0.39 is 0 Å². The van der Waals surface area contributed by atoms with E-state index in [0.29, 0.717) is 65.0 Å². The van der Waals surface area contributed by atoms with E-state index in [0.717, 1.165) is 81.4 Å². The number of anilines is 2. The molecule has 334 valence electrons. The van der Waals surface area contributed by atoms with E-state index in [2.05, 4.69) is 38.6 Å². The van der Waals surface area contributed by atoms with Gasteiger partial charge in [-0.15, -0.1) is 0 Å². The zero-order chi connectivity index (χ0) is 45.4. The number of piperidine rings is 1. The second-order valence-electron chi connectivity index (χ2n) is 16.8. The lowest BCUT2D eigenvalue weighted by Crippen LogP contribution is -2.41. The summed E-state index contributed by atoms with van der Waals surface area (Å²) in [7, 11) is 1.89. The maximum Gasteiger partial charge on any atom is 0.257 e. The number of ether oxygens (including phenoxy) is 1. The third kappa shape index (κ3) is 8.24. The summed E-state index contributed by atoms with van der Waals surface area (Å²) in [5.41, 5.74) is 15.5. The lowest BCUT2D eigenvalue weighted by atomic mass is 10.0. The number of fused-ring (bicyclic) bond motifs is 5. The number of nitrogens with zero attached hydrogens (tertiary/aromatic N) is 10. The van der Waals surface area contributed by atoms with Crippen LogP contribution in [0.15, 0.2) is 132 Å². The molecule has 1 amide bonds. The van der Waals surface area contributed by atoms with Crippen LogP contribution in [0.2, 0.25) is 0 Å². The summed E-state index contributed by atoms with van der Waals surface area (Å²) < 4.78 is 11.5. The number of nitrogens with two attached hydrogens (primary N) is 1. The van der Waals surface area contributed by atoms with Crippen molar-refractivity contribution in [2.45, 2.75) is 31.7 Å². The normalized spacial score (nSPS) is 14.9. The number of hydrogen-bond acceptors (Lipinski definition) is 12. The Hall–Kier alpha value is -7.85. The summed E-state index contributed by atoms with van der Waals surface area (Å²) in [5, 5.41) is 15.2. The van der Waals surface area contributed by atoms with Crippen LogP contribution < -0.4 is 21.3 Å². The summed E-state index contributed by atoms with van der Waals surface area (Å²) in [6, 6.07) is 31.1. The molecule has 1 saturated heterocycles. The van der Waals surface area contributed by atoms with Crippen molar-refractivity contribution < 1.29 is 9.53 Å². The highest BCUT2D eigenvalue weighted by molar-refractivity contribution is 7.99. The monoisotopic (exact) mass is 906 g/mol. The van der Waals surface area contributed by atoms with Crippen molar-refractivity contribution in [3.8, 4) is 39.6 Å². The molecule has 3 N–H and O–H groups in total. The fourth-order valence-corrected chi connectivity index (χ4v) is 9.90. The minimum Gasteiger partial charge on any atom is -0.457 e. The van der Waals surface area contributed by atoms with Crippen molar-refractivity contribution in [1.82, 2.24) is 44.0 Å². The Morgan fingerprint density at radius 1 is 0.940 bits per heavy atom. The number of aliphatic imine (C=N–C) groups is 1. The summed E-state index contributed by atoms with van der Waals surface area (Å²) in [4.78, 5) is 48.4. The van der Waals surface area contributed by atoms with E-state index in [-0.39, 0.29) is 17.5 Å². The van der Waals surface area contributed by atoms with Crippen LogP contribution in [0.5, 0.6) is 11.5 Å². The minimum atomic E-state index is -0.187. The van der Waals surface area contributed by atoms with Gasteiger partial charge in [-0.05, 0) is 91.1 Å². The van der Waals surface area contributed by atoms with Gasteiger partial charge in [0.25, 0.3) is 5.56 Å². The van der Waals surface area contributed by atoms with Crippen molar-refractivity contribution in [3.05, 3.63) is 138 Å². The second kappa shape index (κ2) is 17.9. The number of pyridine rings is 2. The Kier molecular flexibility index (Phi) is 11.1. The Labute approximate surface area is 389 Å². The number of aryl methyl sites for hydroxylation is 1. The molecule has 5 aromatic heterocycles. The molecule has 0 bridgehead atoms. The summed E-state index contributed by atoms with van der Waals surface area (Å²) >= 11 is 1.62. The third-order valence-corrected chi connectivity index (χ3v) is 13.4. The van der Waals surface area contributed by atoms with Crippen molar-refractivity contribution in [2.75, 3.05) is 42.2 Å². The number of likely N-dealkylation sites (tertiary alicyclic amines) is 1. The summed E-state index contributed by atoms with van der Waals surface area (Å²) in [5.74, 6) is 3.08. The van der Waals surface area contributed by atoms with Crippen molar-refractivity contribution in [1.29, 1.82) is 0 Å². The first kappa shape index (κ1) is 41.8. The molecule has 2 aliphatic rings. The van der Waals surface area contributed by atoms with Gasteiger partial charge in [-0.1, -0.05) is 30.3 Å². The van der Waals surface area contributed by atoms with E-state index in [1.807, 2.05) is 114 Å². The molecule has 1 fully saturated rings. The molecule has 0 saturated carbocycles. The van der Waals surface area contributed by atoms with E-state index in [1.165, 1.54) is 11.9 Å². The van der Waals surface area contributed by atoms with Gasteiger partial charge in [0.15, 0.2) is 5.65 Å². The summed E-state index contributed by atoms with van der Waals surface area (Å²) in [6.45, 7) is 2.07. The molecule has 11 rings (SSSR count). The fourth-order valence-electron chi connectivity index (χ4n) is 9.24. The molecule has 2 aliphatic heterocycles. The number of amides is 1. The largest absolute Gasteiger partial charge is 0.457 e. The lowest BCUT2D eigenvalue weighted by Gasteiger charge is -2.33. The molecular formula is C51H46N12O3S. The van der Waals surface area contributed by atoms with Crippen LogP contribution in [-0.4, -0.2) is 87.2 Å². The Bertz CT molecular complexity index is 3420. The number of nitrogens with one attached hydrogen (secondary N) is 1. The molecule has 0 spiro atoms. The first-order valence-electron chi connectivity index (χ1n) is 22.4. The molecule has 67 heavy (non-hydrogen) atoms. The van der Waals surface area contributed by atoms with Gasteiger partial charge in [-0.2, -0.15) is 22.0 Å². The van der Waals surface area contributed by atoms with Crippen LogP contribution in [0.25, 0.3) is 60.9 Å². The highest BCUT2D eigenvalue weighted by Crippen LogP contribution is 2.37. The Balaban J connectivity index is 0.784. The molecule has 0 unspecified atom stereocenters. The molecule has 1 atom stereocenters. The van der Waals surface area contributed by atoms with Crippen molar-refractivity contribution in [2.24, 2.45) is 12.0 Å². The van der Waals surface area contributed by atoms with Gasteiger partial charge < -0.3 is 20.7 Å². The molecule has 0 aliphatic carbocycles. The third-order valence-electron chi connectivity index (χ3n) is 12.5. The smallest absolute Gasteiger partial charge is 0.257 e. The summed E-state index contributed by atoms with van der Waals surface area (Å²) in [6.07, 6.45) is 11.9. The number of thioether (sulfide) groups is 1. The average molecular weight is 907 g/mol. The molecule has 4 aromatic carbocycles. The second-order valence-corrected chi connectivity index (χ2v) is 18.0. The standard InChI is InChI=1S/C51H46N12O3S/c1-60-29-35(27-58-60)34-12-16-42-40(24-34)49-41(28-55-42)44(26-46(65)62(49)36-13-9-32-17-19-53-43(32)25-36)54-20-23-67-22-18-45(64)61-21-5-6-37(30-61)63-51-47(50(52)56-31-57-51)48(59-63)33-10-14-39(15-11-33)66-38-7-3-2-4-8-38/h2-4,7-16,20,24-29,31,37,53H,5-6,17-19,21-23,30H2,1H3,(H2,52,56,57)/b54-20+/t37-/m1/s1. The number of hydrogen-bond donors (Lipinski definition) is 2. The topological polar surface area (TPSA) is 176 Å². The SMILES string of the molecule is Cn1cc(-c2ccc3ncc4c(/N=C/CSCCC(=O)N5CCC[C@@H](n6nc(-c7ccc(Oc8ccccc8)cc7)c7c(N)ncnc76)C5)cc(=O)n(-c5ccc6c(c5)NCC6)c4c3c2)cn1. The first-order chi connectivity index (χ1) is 32.8. The molecule has 16 heteroatoms. The van der Waals surface area contributed by atoms with Gasteiger partial charge in [-0.3, -0.25) is 28.8 Å². The molecule has 9 aromatic rings. The van der Waals surface area contributed by atoms with E-state index in [9.17, 15) is 9.59 Å². The quantitative estimate of drug-likeness (QED) is 0.0681. The van der Waals surface area contributed by atoms with Gasteiger partial charge in [0, 0.05) is 96.9 Å². The van der Waals surface area contributed by atoms with Crippen LogP contribution in [0.1, 0.15) is 30.9 Å². The van der Waals surface area contributed by atoms with Gasteiger partial charge in [0.1, 0.15) is 29.3 Å². The molecule has 7 heterocycles. The maximum atomic E-state index is 14.2. The highest BCUT2D eigenvalue weighted by atomic mass is 32.2. The number of para-hydroxylation sites is 1. The average Bonchev–Trinajstić information content (AvgIpc) is 4.12. The number of benzene rings is 4. The van der Waals surface area contributed by atoms with E-state index in [1.54, 1.807) is 27.1 Å². The Morgan fingerprint density at radius 2 is 1.79 bits per heavy atom. The Morgan fingerprint density at radius 3 is 2.64 bits per heavy atom. The number of rotatable bonds is 12. The van der Waals surface area contributed by atoms with Gasteiger partial charge in [-0.25, -0.2) is 14.6 Å². The first-order valence-corrected chi connectivity index (χ1v) is 23.5. The lowest BCUT2D eigenvalue weighted by molar-refractivity contribution is -0.132. The number of carbonyl (C=O) groups is 1. The van der Waals surface area contributed by atoms with Gasteiger partial charge in [0.2, 0.25) is 5.91 Å². The van der Waals surface area contributed by atoms with Crippen LogP contribution in [0, 0.1) is 0 Å². The van der Waals surface area contributed by atoms with Gasteiger partial charge in [0.05, 0.1) is 40.0 Å². The predicted octanol–water partition coefficient (Wildman–Crippen LogP) is 8.78. The molecule has 0 radical (unpaired) electrons. The fraction of sp³-hybridized carbons (Fsp3) is 0.216. The zero-order valence-corrected chi connectivity index (χ0v) is 37.6. The van der Waals surface area contributed by atoms with Crippen LogP contribution in [-0.2, 0) is 18.3 Å². The van der Waals surface area contributed by atoms with Gasteiger partial charge >= 0.3 is 0 Å². The predicted molar refractivity (Wildman–Crippen MR) is 266 cm³/mol. The molecular weight excluding hydrogens is 861 g/mol. The number of aromatic nitrogens is 8. The highest BCUT2D eigenvalue weighted by Gasteiger charge is 2.29. The number of nitrogen functional groups attached to an aromatic ring is 1. The van der Waals surface area contributed by atoms with E-state index >= 15 is 0 Å². The van der Waals surface area contributed by atoms with E-state index in [4.69, 9.17) is 25.5 Å².